The van der Waals surface area contributed by atoms with Gasteiger partial charge in [0.2, 0.25) is 0 Å². The lowest BCUT2D eigenvalue weighted by molar-refractivity contribution is 0.0717. The molecule has 0 spiro atoms. The van der Waals surface area contributed by atoms with Gasteiger partial charge in [0, 0.05) is 30.9 Å². The first-order valence-corrected chi connectivity index (χ1v) is 12.2. The number of hydrogen-bond acceptors (Lipinski definition) is 7. The zero-order valence-electron chi connectivity index (χ0n) is 18.4. The third-order valence-corrected chi connectivity index (χ3v) is 7.66. The molecule has 32 heavy (non-hydrogen) atoms. The second-order valence-electron chi connectivity index (χ2n) is 7.82. The molecule has 0 atom stereocenters. The number of carbonyl (C=O) groups excluding carboxylic acids is 2. The maximum absolute atomic E-state index is 12.8. The fourth-order valence-corrected chi connectivity index (χ4v) is 5.66. The van der Waals surface area contributed by atoms with Gasteiger partial charge in [-0.2, -0.15) is 0 Å². The van der Waals surface area contributed by atoms with E-state index in [0.717, 1.165) is 44.7 Å². The van der Waals surface area contributed by atoms with E-state index in [1.807, 2.05) is 48.4 Å². The van der Waals surface area contributed by atoms with Crippen molar-refractivity contribution < 1.29 is 14.3 Å². The molecule has 1 N–H and O–H groups in total. The highest BCUT2D eigenvalue weighted by molar-refractivity contribution is 7.13. The van der Waals surface area contributed by atoms with Crippen LogP contribution in [0, 0.1) is 13.8 Å². The van der Waals surface area contributed by atoms with Crippen LogP contribution in [-0.4, -0.2) is 46.9 Å². The van der Waals surface area contributed by atoms with Crippen molar-refractivity contribution in [1.29, 1.82) is 0 Å². The van der Waals surface area contributed by atoms with Crippen LogP contribution in [0.4, 0.5) is 0 Å². The number of hydrogen-bond donors (Lipinski definition) is 1. The number of nitrogens with zero attached hydrogens (tertiary/aromatic N) is 3. The second kappa shape index (κ2) is 9.79. The van der Waals surface area contributed by atoms with E-state index < -0.39 is 0 Å². The lowest BCUT2D eigenvalue weighted by Crippen LogP contribution is -2.37. The Bertz CT molecular complexity index is 1100. The van der Waals surface area contributed by atoms with Crippen molar-refractivity contribution in [1.82, 2.24) is 20.2 Å². The Kier molecular flexibility index (Phi) is 6.86. The Balaban J connectivity index is 1.30. The van der Waals surface area contributed by atoms with Crippen LogP contribution < -0.4 is 10.1 Å². The molecule has 9 heteroatoms. The molecule has 1 fully saturated rings. The molecular formula is C23H26N4O3S2. The molecule has 7 nitrogen and oxygen atoms in total. The predicted octanol–water partition coefficient (Wildman–Crippen LogP) is 4.17. The van der Waals surface area contributed by atoms with Crippen molar-refractivity contribution in [2.75, 3.05) is 20.2 Å². The number of ether oxygens (including phenoxy) is 1. The minimum absolute atomic E-state index is 0.0734. The number of carbonyl (C=O) groups is 2. The van der Waals surface area contributed by atoms with Gasteiger partial charge in [0.05, 0.1) is 22.8 Å². The van der Waals surface area contributed by atoms with E-state index >= 15 is 0 Å². The zero-order valence-corrected chi connectivity index (χ0v) is 20.0. The maximum Gasteiger partial charge on any atom is 0.271 e. The summed E-state index contributed by atoms with van der Waals surface area (Å²) in [7, 11) is 1.63. The van der Waals surface area contributed by atoms with E-state index in [-0.39, 0.29) is 17.7 Å². The monoisotopic (exact) mass is 470 g/mol. The molecule has 2 amide bonds. The zero-order chi connectivity index (χ0) is 22.7. The van der Waals surface area contributed by atoms with E-state index in [9.17, 15) is 9.59 Å². The first-order valence-electron chi connectivity index (χ1n) is 10.5. The Hall–Kier alpha value is -2.78. The standard InChI is InChI=1S/C23H26N4O3S2/c1-14-20(32-15(2)25-14)23(29)27-10-8-17(9-11-27)22-26-19(13-31-22)21(28)24-12-16-4-6-18(30-3)7-5-16/h4-7,13,17H,8-12H2,1-3H3,(H,24,28). The quantitative estimate of drug-likeness (QED) is 0.584. The number of aryl methyl sites for hydroxylation is 2. The number of thiazole rings is 2. The number of nitrogens with one attached hydrogen (secondary N) is 1. The van der Waals surface area contributed by atoms with Gasteiger partial charge in [0.15, 0.2) is 0 Å². The molecule has 1 aliphatic heterocycles. The van der Waals surface area contributed by atoms with Crippen molar-refractivity contribution in [2.45, 2.75) is 39.2 Å². The normalized spacial score (nSPS) is 14.4. The lowest BCUT2D eigenvalue weighted by atomic mass is 9.97. The van der Waals surface area contributed by atoms with Crippen LogP contribution in [0.3, 0.4) is 0 Å². The number of piperidine rings is 1. The van der Waals surface area contributed by atoms with Gasteiger partial charge in [-0.05, 0) is 44.4 Å². The highest BCUT2D eigenvalue weighted by atomic mass is 32.1. The molecule has 0 saturated carbocycles. The van der Waals surface area contributed by atoms with E-state index in [1.54, 1.807) is 7.11 Å². The number of aromatic nitrogens is 2. The average Bonchev–Trinajstić information content (AvgIpc) is 3.44. The van der Waals surface area contributed by atoms with Crippen molar-refractivity contribution in [3.05, 3.63) is 61.5 Å². The van der Waals surface area contributed by atoms with Gasteiger partial charge < -0.3 is 15.0 Å². The van der Waals surface area contributed by atoms with Crippen LogP contribution in [-0.2, 0) is 6.54 Å². The highest BCUT2D eigenvalue weighted by Crippen LogP contribution is 2.31. The maximum atomic E-state index is 12.8. The number of rotatable bonds is 6. The van der Waals surface area contributed by atoms with Gasteiger partial charge in [-0.1, -0.05) is 12.1 Å². The van der Waals surface area contributed by atoms with Gasteiger partial charge in [0.25, 0.3) is 11.8 Å². The van der Waals surface area contributed by atoms with Crippen molar-refractivity contribution in [2.24, 2.45) is 0 Å². The van der Waals surface area contributed by atoms with Gasteiger partial charge >= 0.3 is 0 Å². The summed E-state index contributed by atoms with van der Waals surface area (Å²) < 4.78 is 5.15. The van der Waals surface area contributed by atoms with Crippen molar-refractivity contribution in [3.63, 3.8) is 0 Å². The molecule has 3 heterocycles. The van der Waals surface area contributed by atoms with Crippen molar-refractivity contribution >= 4 is 34.5 Å². The Labute approximate surface area is 195 Å². The minimum atomic E-state index is -0.174. The first-order chi connectivity index (χ1) is 15.4. The minimum Gasteiger partial charge on any atom is -0.497 e. The number of methoxy groups -OCH3 is 1. The summed E-state index contributed by atoms with van der Waals surface area (Å²) in [6, 6.07) is 7.60. The Morgan fingerprint density at radius 1 is 1.16 bits per heavy atom. The van der Waals surface area contributed by atoms with Crippen LogP contribution >= 0.6 is 22.7 Å². The van der Waals surface area contributed by atoms with Gasteiger partial charge in [-0.3, -0.25) is 9.59 Å². The first kappa shape index (κ1) is 22.4. The van der Waals surface area contributed by atoms with E-state index in [1.165, 1.54) is 22.7 Å². The van der Waals surface area contributed by atoms with Crippen LogP contribution in [0.2, 0.25) is 0 Å². The molecule has 0 aliphatic carbocycles. The molecule has 0 unspecified atom stereocenters. The molecule has 1 aliphatic rings. The molecule has 1 saturated heterocycles. The molecular weight excluding hydrogens is 444 g/mol. The molecule has 168 valence electrons. The molecule has 3 aromatic rings. The second-order valence-corrected chi connectivity index (χ2v) is 9.91. The molecule has 1 aromatic carbocycles. The van der Waals surface area contributed by atoms with Crippen molar-refractivity contribution in [3.8, 4) is 5.75 Å². The van der Waals surface area contributed by atoms with Crippen LogP contribution in [0.1, 0.15) is 60.2 Å². The number of likely N-dealkylation sites (tertiary alicyclic amines) is 1. The summed E-state index contributed by atoms with van der Waals surface area (Å²) in [5.41, 5.74) is 2.26. The van der Waals surface area contributed by atoms with Crippen LogP contribution in [0.25, 0.3) is 0 Å². The Morgan fingerprint density at radius 3 is 2.50 bits per heavy atom. The fraction of sp³-hybridized carbons (Fsp3) is 0.391. The topological polar surface area (TPSA) is 84.4 Å². The lowest BCUT2D eigenvalue weighted by Gasteiger charge is -2.30. The van der Waals surface area contributed by atoms with E-state index in [4.69, 9.17) is 4.74 Å². The number of benzene rings is 1. The van der Waals surface area contributed by atoms with Crippen LogP contribution in [0.5, 0.6) is 5.75 Å². The molecule has 4 rings (SSSR count). The van der Waals surface area contributed by atoms with E-state index in [2.05, 4.69) is 15.3 Å². The third kappa shape index (κ3) is 4.99. The Morgan fingerprint density at radius 2 is 1.88 bits per heavy atom. The molecule has 0 bridgehead atoms. The van der Waals surface area contributed by atoms with Gasteiger partial charge in [0.1, 0.15) is 16.3 Å². The number of amides is 2. The fourth-order valence-electron chi connectivity index (χ4n) is 3.80. The average molecular weight is 471 g/mol. The summed E-state index contributed by atoms with van der Waals surface area (Å²) in [6.45, 7) is 5.64. The molecule has 2 aromatic heterocycles. The van der Waals surface area contributed by atoms with Gasteiger partial charge in [-0.15, -0.1) is 22.7 Å². The van der Waals surface area contributed by atoms with Crippen LogP contribution in [0.15, 0.2) is 29.6 Å². The smallest absolute Gasteiger partial charge is 0.271 e. The molecule has 0 radical (unpaired) electrons. The van der Waals surface area contributed by atoms with Gasteiger partial charge in [-0.25, -0.2) is 9.97 Å². The largest absolute Gasteiger partial charge is 0.497 e. The predicted molar refractivity (Wildman–Crippen MR) is 126 cm³/mol. The summed E-state index contributed by atoms with van der Waals surface area (Å²) in [5, 5.41) is 6.63. The summed E-state index contributed by atoms with van der Waals surface area (Å²) in [5.74, 6) is 0.960. The highest BCUT2D eigenvalue weighted by Gasteiger charge is 2.28. The third-order valence-electron chi connectivity index (χ3n) is 5.60. The summed E-state index contributed by atoms with van der Waals surface area (Å²) >= 11 is 2.98. The van der Waals surface area contributed by atoms with E-state index in [0.29, 0.717) is 25.3 Å². The summed E-state index contributed by atoms with van der Waals surface area (Å²) in [6.07, 6.45) is 1.70. The SMILES string of the molecule is COc1ccc(CNC(=O)c2csc(C3CCN(C(=O)c4sc(C)nc4C)CC3)n2)cc1. The summed E-state index contributed by atoms with van der Waals surface area (Å²) in [4.78, 5) is 37.0.